The summed E-state index contributed by atoms with van der Waals surface area (Å²) in [7, 11) is -4.50. The Kier molecular flexibility index (Phi) is 4.75. The highest BCUT2D eigenvalue weighted by molar-refractivity contribution is 7.86. The molecule has 2 aromatic carbocycles. The maximum Gasteiger partial charge on any atom is 0.295 e. The van der Waals surface area contributed by atoms with Gasteiger partial charge < -0.3 is 5.73 Å². The molecule has 0 amide bonds. The van der Waals surface area contributed by atoms with Crippen LogP contribution in [0, 0.1) is 0 Å². The van der Waals surface area contributed by atoms with Crippen molar-refractivity contribution in [2.75, 3.05) is 5.73 Å². The first-order valence-corrected chi connectivity index (χ1v) is 9.95. The van der Waals surface area contributed by atoms with Crippen LogP contribution in [0.5, 0.6) is 0 Å². The van der Waals surface area contributed by atoms with Gasteiger partial charge in [-0.2, -0.15) is 8.42 Å². The van der Waals surface area contributed by atoms with E-state index < -0.39 is 10.1 Å². The minimum Gasteiger partial charge on any atom is -0.395 e. The number of anilines is 1. The fraction of sp³-hybridized carbons (Fsp3) is 0. The molecule has 3 N–H and O–H groups in total. The smallest absolute Gasteiger partial charge is 0.295 e. The summed E-state index contributed by atoms with van der Waals surface area (Å²) in [6.45, 7) is 0. The molecule has 2 aromatic heterocycles. The van der Waals surface area contributed by atoms with Crippen molar-refractivity contribution in [3.05, 3.63) is 73.1 Å². The van der Waals surface area contributed by atoms with E-state index in [-0.39, 0.29) is 27.2 Å². The van der Waals surface area contributed by atoms with Crippen LogP contribution in [0.3, 0.4) is 0 Å². The summed E-state index contributed by atoms with van der Waals surface area (Å²) < 4.78 is 33.1. The van der Waals surface area contributed by atoms with Gasteiger partial charge in [0.25, 0.3) is 10.1 Å². The molecule has 0 atom stereocenters. The number of hydrogen-bond acceptors (Lipinski definition) is 7. The largest absolute Gasteiger partial charge is 0.395 e. The Morgan fingerprint density at radius 3 is 2.41 bits per heavy atom. The van der Waals surface area contributed by atoms with E-state index in [0.717, 1.165) is 11.3 Å². The van der Waals surface area contributed by atoms with Gasteiger partial charge in [-0.05, 0) is 30.3 Å². The van der Waals surface area contributed by atoms with E-state index in [4.69, 9.17) is 5.73 Å². The number of nitrogens with zero attached hydrogens (tertiary/aromatic N) is 4. The van der Waals surface area contributed by atoms with Crippen molar-refractivity contribution >= 4 is 38.1 Å². The number of rotatable bonds is 4. The Balaban J connectivity index is 1.72. The second kappa shape index (κ2) is 7.38. The summed E-state index contributed by atoms with van der Waals surface area (Å²) in [6.07, 6.45) is 3.02. The second-order valence-electron chi connectivity index (χ2n) is 6.15. The van der Waals surface area contributed by atoms with E-state index in [1.807, 2.05) is 30.3 Å². The molecule has 0 saturated carbocycles. The number of benzene rings is 2. The molecule has 9 heteroatoms. The van der Waals surface area contributed by atoms with Crippen LogP contribution in [-0.2, 0) is 10.1 Å². The molecule has 2 heterocycles. The highest BCUT2D eigenvalue weighted by atomic mass is 32.2. The molecular weight excluding hydrogens is 390 g/mol. The van der Waals surface area contributed by atoms with E-state index in [2.05, 4.69) is 20.2 Å². The van der Waals surface area contributed by atoms with Gasteiger partial charge in [0.1, 0.15) is 16.3 Å². The molecule has 144 valence electrons. The zero-order chi connectivity index (χ0) is 20.4. The predicted molar refractivity (Wildman–Crippen MR) is 110 cm³/mol. The van der Waals surface area contributed by atoms with Crippen LogP contribution in [0.2, 0.25) is 0 Å². The van der Waals surface area contributed by atoms with Gasteiger partial charge in [0.2, 0.25) is 0 Å². The third-order valence-corrected chi connectivity index (χ3v) is 5.13. The normalized spacial score (nSPS) is 11.9. The molecule has 0 fully saturated rings. The Morgan fingerprint density at radius 1 is 0.931 bits per heavy atom. The van der Waals surface area contributed by atoms with Crippen LogP contribution < -0.4 is 5.73 Å². The third-order valence-electron chi connectivity index (χ3n) is 4.24. The van der Waals surface area contributed by atoms with Crippen molar-refractivity contribution in [3.8, 4) is 11.3 Å². The lowest BCUT2D eigenvalue weighted by Crippen LogP contribution is -2.01. The first-order valence-electron chi connectivity index (χ1n) is 8.51. The van der Waals surface area contributed by atoms with Crippen LogP contribution in [0.15, 0.2) is 88.2 Å². The van der Waals surface area contributed by atoms with E-state index >= 15 is 0 Å². The van der Waals surface area contributed by atoms with Crippen LogP contribution in [0.4, 0.5) is 17.1 Å². The fourth-order valence-electron chi connectivity index (χ4n) is 2.85. The molecule has 4 rings (SSSR count). The molecule has 0 aliphatic carbocycles. The zero-order valence-corrected chi connectivity index (χ0v) is 15.8. The van der Waals surface area contributed by atoms with Gasteiger partial charge in [0.15, 0.2) is 0 Å². The number of nitrogens with two attached hydrogens (primary N) is 1. The number of pyridine rings is 2. The molecule has 0 spiro atoms. The Labute approximate surface area is 166 Å². The lowest BCUT2D eigenvalue weighted by atomic mass is 10.1. The second-order valence-corrected chi connectivity index (χ2v) is 7.54. The number of hydrogen-bond donors (Lipinski definition) is 2. The molecule has 4 aromatic rings. The minimum atomic E-state index is -4.50. The summed E-state index contributed by atoms with van der Waals surface area (Å²) in [5.41, 5.74) is 8.75. The van der Waals surface area contributed by atoms with Crippen molar-refractivity contribution in [1.29, 1.82) is 0 Å². The monoisotopic (exact) mass is 405 g/mol. The summed E-state index contributed by atoms with van der Waals surface area (Å²) >= 11 is 0. The molecule has 0 saturated heterocycles. The number of azo groups is 1. The van der Waals surface area contributed by atoms with Crippen LogP contribution in [0.1, 0.15) is 0 Å². The standard InChI is InChI=1S/C20H15N5O3S/c21-19-17(11-18(29(26,27)28)15-7-4-10-22-20(15)19)25-24-14-8-9-16(23-12-14)13-5-2-1-3-6-13/h1-12H,21H2,(H,26,27,28). The predicted octanol–water partition coefficient (Wildman–Crippen LogP) is 4.54. The maximum absolute atomic E-state index is 11.8. The quantitative estimate of drug-likeness (QED) is 0.291. The van der Waals surface area contributed by atoms with Gasteiger partial charge in [-0.1, -0.05) is 30.3 Å². The van der Waals surface area contributed by atoms with E-state index in [0.29, 0.717) is 5.69 Å². The van der Waals surface area contributed by atoms with Crippen LogP contribution in [0.25, 0.3) is 22.2 Å². The lowest BCUT2D eigenvalue weighted by Gasteiger charge is -2.08. The summed E-state index contributed by atoms with van der Waals surface area (Å²) in [6, 6.07) is 17.4. The molecule has 0 aliphatic rings. The maximum atomic E-state index is 11.8. The molecule has 29 heavy (non-hydrogen) atoms. The summed E-state index contributed by atoms with van der Waals surface area (Å²) in [5, 5.41) is 8.34. The van der Waals surface area contributed by atoms with Crippen molar-refractivity contribution in [2.45, 2.75) is 4.90 Å². The van der Waals surface area contributed by atoms with Gasteiger partial charge >= 0.3 is 0 Å². The van der Waals surface area contributed by atoms with E-state index in [9.17, 15) is 13.0 Å². The third kappa shape index (κ3) is 3.82. The highest BCUT2D eigenvalue weighted by Crippen LogP contribution is 2.35. The topological polar surface area (TPSA) is 131 Å². The first-order chi connectivity index (χ1) is 13.9. The zero-order valence-electron chi connectivity index (χ0n) is 15.0. The van der Waals surface area contributed by atoms with Gasteiger partial charge in [-0.25, -0.2) is 0 Å². The molecule has 0 unspecified atom stereocenters. The number of aromatic nitrogens is 2. The van der Waals surface area contributed by atoms with Crippen molar-refractivity contribution in [2.24, 2.45) is 10.2 Å². The Hall–Kier alpha value is -3.69. The minimum absolute atomic E-state index is 0.0796. The first kappa shape index (κ1) is 18.7. The molecule has 0 bridgehead atoms. The number of nitrogen functional groups attached to an aromatic ring is 1. The molecule has 0 radical (unpaired) electrons. The van der Waals surface area contributed by atoms with Crippen molar-refractivity contribution in [3.63, 3.8) is 0 Å². The average molecular weight is 405 g/mol. The lowest BCUT2D eigenvalue weighted by molar-refractivity contribution is 0.484. The van der Waals surface area contributed by atoms with Gasteiger partial charge in [-0.15, -0.1) is 10.2 Å². The molecular formula is C20H15N5O3S. The summed E-state index contributed by atoms with van der Waals surface area (Å²) in [5.74, 6) is 0. The Bertz CT molecular complexity index is 1320. The Morgan fingerprint density at radius 2 is 1.72 bits per heavy atom. The van der Waals surface area contributed by atoms with Crippen LogP contribution >= 0.6 is 0 Å². The van der Waals surface area contributed by atoms with Gasteiger partial charge in [-0.3, -0.25) is 14.5 Å². The van der Waals surface area contributed by atoms with Gasteiger partial charge in [0, 0.05) is 17.1 Å². The van der Waals surface area contributed by atoms with E-state index in [1.165, 1.54) is 18.3 Å². The summed E-state index contributed by atoms with van der Waals surface area (Å²) in [4.78, 5) is 8.13. The highest BCUT2D eigenvalue weighted by Gasteiger charge is 2.19. The molecule has 0 aliphatic heterocycles. The van der Waals surface area contributed by atoms with E-state index in [1.54, 1.807) is 24.4 Å². The van der Waals surface area contributed by atoms with Crippen molar-refractivity contribution in [1.82, 2.24) is 9.97 Å². The van der Waals surface area contributed by atoms with Gasteiger partial charge in [0.05, 0.1) is 23.1 Å². The van der Waals surface area contributed by atoms with Crippen molar-refractivity contribution < 1.29 is 13.0 Å². The number of fused-ring (bicyclic) bond motifs is 1. The van der Waals surface area contributed by atoms with Crippen LogP contribution in [-0.4, -0.2) is 22.9 Å². The average Bonchev–Trinajstić information content (AvgIpc) is 2.73. The fourth-order valence-corrected chi connectivity index (χ4v) is 3.56. The SMILES string of the molecule is Nc1c(N=Nc2ccc(-c3ccccc3)nc2)cc(S(=O)(=O)O)c2cccnc12. The molecule has 8 nitrogen and oxygen atoms in total.